The van der Waals surface area contributed by atoms with E-state index < -0.39 is 10.0 Å². The monoisotopic (exact) mass is 376 g/mol. The van der Waals surface area contributed by atoms with Crippen molar-refractivity contribution in [3.05, 3.63) is 89.1 Å². The summed E-state index contributed by atoms with van der Waals surface area (Å²) < 4.78 is 32.6. The third-order valence-electron chi connectivity index (χ3n) is 3.67. The molecule has 0 aliphatic heterocycles. The van der Waals surface area contributed by atoms with Crippen molar-refractivity contribution < 1.29 is 12.8 Å². The highest BCUT2D eigenvalue weighted by atomic mass is 35.5. The molecule has 0 radical (unpaired) electrons. The Morgan fingerprint density at radius 1 is 1.00 bits per heavy atom. The normalized spacial score (nSPS) is 11.8. The Morgan fingerprint density at radius 2 is 1.80 bits per heavy atom. The second-order valence-corrected chi connectivity index (χ2v) is 7.89. The lowest BCUT2D eigenvalue weighted by atomic mass is 10.2. The predicted octanol–water partition coefficient (Wildman–Crippen LogP) is 3.86. The van der Waals surface area contributed by atoms with E-state index in [9.17, 15) is 8.42 Å². The van der Waals surface area contributed by atoms with E-state index in [2.05, 4.69) is 4.98 Å². The second kappa shape index (κ2) is 7.82. The molecular formula is C18H17ClN2O3S. The SMILES string of the molecule is O=S(=O)(Cc1ccccc1Cl)N(Cc1ccccn1)Cc1ccco1. The quantitative estimate of drug-likeness (QED) is 0.628. The van der Waals surface area contributed by atoms with Crippen molar-refractivity contribution in [1.82, 2.24) is 9.29 Å². The Balaban J connectivity index is 1.87. The summed E-state index contributed by atoms with van der Waals surface area (Å²) in [7, 11) is -3.62. The molecule has 1 aromatic carbocycles. The zero-order chi connectivity index (χ0) is 17.7. The molecule has 0 atom stereocenters. The third kappa shape index (κ3) is 4.69. The fourth-order valence-electron chi connectivity index (χ4n) is 2.40. The first-order chi connectivity index (χ1) is 12.0. The first-order valence-corrected chi connectivity index (χ1v) is 9.67. The molecule has 2 heterocycles. The number of halogens is 1. The molecule has 2 aromatic heterocycles. The summed E-state index contributed by atoms with van der Waals surface area (Å²) in [5.74, 6) is 0.388. The summed E-state index contributed by atoms with van der Waals surface area (Å²) in [4.78, 5) is 4.22. The van der Waals surface area contributed by atoms with Gasteiger partial charge in [-0.2, -0.15) is 4.31 Å². The van der Waals surface area contributed by atoms with Crippen LogP contribution in [0.4, 0.5) is 0 Å². The lowest BCUT2D eigenvalue weighted by Crippen LogP contribution is -2.31. The van der Waals surface area contributed by atoms with Gasteiger partial charge in [0.05, 0.1) is 30.8 Å². The van der Waals surface area contributed by atoms with Gasteiger partial charge >= 0.3 is 0 Å². The molecule has 0 N–H and O–H groups in total. The van der Waals surface area contributed by atoms with Gasteiger partial charge in [-0.3, -0.25) is 4.98 Å². The van der Waals surface area contributed by atoms with Crippen LogP contribution in [0.15, 0.2) is 71.5 Å². The van der Waals surface area contributed by atoms with Crippen molar-refractivity contribution in [2.45, 2.75) is 18.8 Å². The van der Waals surface area contributed by atoms with E-state index in [-0.39, 0.29) is 18.8 Å². The molecule has 3 aromatic rings. The van der Waals surface area contributed by atoms with E-state index in [0.717, 1.165) is 0 Å². The van der Waals surface area contributed by atoms with Crippen LogP contribution in [0.25, 0.3) is 0 Å². The number of aromatic nitrogens is 1. The molecule has 0 spiro atoms. The predicted molar refractivity (Wildman–Crippen MR) is 96.3 cm³/mol. The molecular weight excluding hydrogens is 360 g/mol. The van der Waals surface area contributed by atoms with Gasteiger partial charge in [0, 0.05) is 11.2 Å². The third-order valence-corrected chi connectivity index (χ3v) is 5.76. The highest BCUT2D eigenvalue weighted by molar-refractivity contribution is 7.88. The molecule has 0 aliphatic carbocycles. The van der Waals surface area contributed by atoms with Crippen LogP contribution in [0, 0.1) is 0 Å². The van der Waals surface area contributed by atoms with Gasteiger partial charge in [-0.05, 0) is 35.9 Å². The maximum absolute atomic E-state index is 13.0. The van der Waals surface area contributed by atoms with Crippen LogP contribution in [0.5, 0.6) is 0 Å². The molecule has 3 rings (SSSR count). The maximum Gasteiger partial charge on any atom is 0.219 e. The minimum Gasteiger partial charge on any atom is -0.468 e. The van der Waals surface area contributed by atoms with E-state index in [0.29, 0.717) is 22.0 Å². The van der Waals surface area contributed by atoms with Crippen LogP contribution < -0.4 is 0 Å². The van der Waals surface area contributed by atoms with Crippen LogP contribution in [0.2, 0.25) is 5.02 Å². The second-order valence-electron chi connectivity index (χ2n) is 5.52. The molecule has 0 saturated heterocycles. The van der Waals surface area contributed by atoms with E-state index in [1.807, 2.05) is 6.07 Å². The van der Waals surface area contributed by atoms with Gasteiger partial charge in [-0.25, -0.2) is 8.42 Å². The van der Waals surface area contributed by atoms with Crippen molar-refractivity contribution in [2.75, 3.05) is 0 Å². The molecule has 25 heavy (non-hydrogen) atoms. The van der Waals surface area contributed by atoms with Crippen molar-refractivity contribution in [3.63, 3.8) is 0 Å². The number of rotatable bonds is 7. The van der Waals surface area contributed by atoms with Crippen molar-refractivity contribution in [2.24, 2.45) is 0 Å². The van der Waals surface area contributed by atoms with Gasteiger partial charge in [0.25, 0.3) is 0 Å². The Labute approximate surface area is 151 Å². The van der Waals surface area contributed by atoms with Gasteiger partial charge in [0.1, 0.15) is 5.76 Å². The molecule has 5 nitrogen and oxygen atoms in total. The van der Waals surface area contributed by atoms with E-state index >= 15 is 0 Å². The van der Waals surface area contributed by atoms with E-state index in [1.54, 1.807) is 54.7 Å². The molecule has 0 amide bonds. The smallest absolute Gasteiger partial charge is 0.219 e. The molecule has 0 aliphatic rings. The van der Waals surface area contributed by atoms with Crippen molar-refractivity contribution in [3.8, 4) is 0 Å². The van der Waals surface area contributed by atoms with Crippen molar-refractivity contribution in [1.29, 1.82) is 0 Å². The summed E-state index contributed by atoms with van der Waals surface area (Å²) in [6.07, 6.45) is 3.16. The van der Waals surface area contributed by atoms with Crippen LogP contribution in [0.3, 0.4) is 0 Å². The van der Waals surface area contributed by atoms with Gasteiger partial charge in [-0.15, -0.1) is 0 Å². The van der Waals surface area contributed by atoms with Crippen molar-refractivity contribution >= 4 is 21.6 Å². The lowest BCUT2D eigenvalue weighted by Gasteiger charge is -2.21. The molecule has 7 heteroatoms. The van der Waals surface area contributed by atoms with Crippen LogP contribution in [-0.4, -0.2) is 17.7 Å². The summed E-state index contributed by atoms with van der Waals surface area (Å²) in [6.45, 7) is 0.296. The zero-order valence-electron chi connectivity index (χ0n) is 13.4. The van der Waals surface area contributed by atoms with Gasteiger partial charge in [0.2, 0.25) is 10.0 Å². The summed E-state index contributed by atoms with van der Waals surface area (Å²) in [5, 5.41) is 0.432. The summed E-state index contributed by atoms with van der Waals surface area (Å²) in [5.41, 5.74) is 1.23. The summed E-state index contributed by atoms with van der Waals surface area (Å²) >= 11 is 6.12. The first kappa shape index (κ1) is 17.7. The topological polar surface area (TPSA) is 63.4 Å². The average molecular weight is 377 g/mol. The highest BCUT2D eigenvalue weighted by Crippen LogP contribution is 2.22. The lowest BCUT2D eigenvalue weighted by molar-refractivity contribution is 0.355. The maximum atomic E-state index is 13.0. The fraction of sp³-hybridized carbons (Fsp3) is 0.167. The number of hydrogen-bond acceptors (Lipinski definition) is 4. The first-order valence-electron chi connectivity index (χ1n) is 7.68. The van der Waals surface area contributed by atoms with Gasteiger partial charge < -0.3 is 4.42 Å². The number of nitrogens with zero attached hydrogens (tertiary/aromatic N) is 2. The minimum atomic E-state index is -3.62. The zero-order valence-corrected chi connectivity index (χ0v) is 14.9. The van der Waals surface area contributed by atoms with Gasteiger partial charge in [0.15, 0.2) is 0 Å². The molecule has 0 fully saturated rings. The van der Waals surface area contributed by atoms with Crippen LogP contribution >= 0.6 is 11.6 Å². The average Bonchev–Trinajstić information content (AvgIpc) is 3.10. The number of pyridine rings is 1. The minimum absolute atomic E-state index is 0.135. The molecule has 0 saturated carbocycles. The molecule has 0 bridgehead atoms. The summed E-state index contributed by atoms with van der Waals surface area (Å²) in [6, 6.07) is 15.8. The number of sulfonamides is 1. The largest absolute Gasteiger partial charge is 0.468 e. The highest BCUT2D eigenvalue weighted by Gasteiger charge is 2.25. The molecule has 130 valence electrons. The standard InChI is InChI=1S/C18H17ClN2O3S/c19-18-9-2-1-6-15(18)14-25(22,23)21(13-17-8-5-11-24-17)12-16-7-3-4-10-20-16/h1-11H,12-14H2. The fourth-order valence-corrected chi connectivity index (χ4v) is 4.17. The Morgan fingerprint density at radius 3 is 2.48 bits per heavy atom. The van der Waals surface area contributed by atoms with Gasteiger partial charge in [-0.1, -0.05) is 35.9 Å². The van der Waals surface area contributed by atoms with Crippen LogP contribution in [-0.2, 0) is 28.9 Å². The Bertz CT molecular complexity index is 913. The number of furan rings is 1. The van der Waals surface area contributed by atoms with E-state index in [4.69, 9.17) is 16.0 Å². The Kier molecular flexibility index (Phi) is 5.53. The Hall–Kier alpha value is -2.15. The number of hydrogen-bond donors (Lipinski definition) is 0. The van der Waals surface area contributed by atoms with E-state index in [1.165, 1.54) is 10.6 Å². The van der Waals surface area contributed by atoms with Crippen LogP contribution in [0.1, 0.15) is 17.0 Å². The number of benzene rings is 1. The molecule has 0 unspecified atom stereocenters.